The largest absolute Gasteiger partial charge is 0.495 e. The maximum atomic E-state index is 11.1. The molecule has 3 N–H and O–H groups in total. The molecule has 0 saturated carbocycles. The van der Waals surface area contributed by atoms with Gasteiger partial charge in [-0.1, -0.05) is 25.2 Å². The summed E-state index contributed by atoms with van der Waals surface area (Å²) in [6.07, 6.45) is 1.33. The van der Waals surface area contributed by atoms with E-state index in [9.17, 15) is 8.42 Å². The van der Waals surface area contributed by atoms with Gasteiger partial charge in [-0.05, 0) is 47.7 Å². The lowest BCUT2D eigenvalue weighted by Crippen LogP contribution is -2.19. The molecule has 1 unspecified atom stereocenters. The second kappa shape index (κ2) is 7.96. The van der Waals surface area contributed by atoms with Gasteiger partial charge in [0.15, 0.2) is 0 Å². The van der Waals surface area contributed by atoms with E-state index in [1.165, 1.54) is 24.5 Å². The van der Waals surface area contributed by atoms with Crippen LogP contribution in [0.4, 0.5) is 0 Å². The summed E-state index contributed by atoms with van der Waals surface area (Å²) in [7, 11) is -2.88. The predicted octanol–water partition coefficient (Wildman–Crippen LogP) is 2.68. The van der Waals surface area contributed by atoms with E-state index in [-0.39, 0.29) is 16.7 Å². The van der Waals surface area contributed by atoms with Gasteiger partial charge in [0.05, 0.1) is 7.11 Å². The summed E-state index contributed by atoms with van der Waals surface area (Å²) < 4.78 is 36.8. The van der Waals surface area contributed by atoms with Crippen molar-refractivity contribution in [2.45, 2.75) is 43.5 Å². The predicted molar refractivity (Wildman–Crippen MR) is 97.2 cm³/mol. The maximum Gasteiger partial charge on any atom is 0.298 e. The number of aromatic nitrogens is 2. The monoisotopic (exact) mass is 405 g/mol. The molecule has 0 fully saturated rings. The van der Waals surface area contributed by atoms with E-state index in [1.54, 1.807) is 6.07 Å². The highest BCUT2D eigenvalue weighted by atomic mass is 35.5. The number of fused-ring (bicyclic) bond motifs is 1. The summed E-state index contributed by atoms with van der Waals surface area (Å²) in [4.78, 5) is -0.192. The molecule has 1 aliphatic rings. The molecule has 1 heterocycles. The van der Waals surface area contributed by atoms with Crippen molar-refractivity contribution in [3.05, 3.63) is 32.7 Å². The summed E-state index contributed by atoms with van der Waals surface area (Å²) in [5.74, 6) is 0.602. The van der Waals surface area contributed by atoms with Crippen molar-refractivity contribution < 1.29 is 17.7 Å². The highest BCUT2D eigenvalue weighted by Gasteiger charge is 2.24. The Hall–Kier alpha value is -1.26. The molecular formula is C15H20ClN3O4S2. The number of methoxy groups -OCH3 is 1. The number of rotatable bonds is 3. The molecule has 10 heteroatoms. The van der Waals surface area contributed by atoms with Crippen LogP contribution in [0.15, 0.2) is 17.0 Å². The molecule has 1 atom stereocenters. The van der Waals surface area contributed by atoms with Gasteiger partial charge in [-0.3, -0.25) is 4.55 Å². The zero-order valence-corrected chi connectivity index (χ0v) is 16.5. The van der Waals surface area contributed by atoms with Gasteiger partial charge in [0.2, 0.25) is 4.47 Å². The maximum absolute atomic E-state index is 11.1. The van der Waals surface area contributed by atoms with Crippen LogP contribution in [0.5, 0.6) is 5.75 Å². The third kappa shape index (κ3) is 5.11. The number of nitrogens with two attached hydrogens (primary N) is 1. The highest BCUT2D eigenvalue weighted by Crippen LogP contribution is 2.32. The van der Waals surface area contributed by atoms with E-state index in [2.05, 4.69) is 24.0 Å². The molecular weight excluding hydrogens is 386 g/mol. The average Bonchev–Trinajstić information content (AvgIpc) is 3.09. The van der Waals surface area contributed by atoms with Crippen LogP contribution < -0.4 is 10.5 Å². The van der Waals surface area contributed by atoms with Crippen molar-refractivity contribution >= 4 is 33.1 Å². The van der Waals surface area contributed by atoms with Crippen LogP contribution >= 0.6 is 22.9 Å². The third-order valence-corrected chi connectivity index (χ3v) is 5.83. The molecule has 138 valence electrons. The van der Waals surface area contributed by atoms with Gasteiger partial charge in [-0.25, -0.2) is 0 Å². The quantitative estimate of drug-likeness (QED) is 0.754. The SMILES string of the molecule is CC(C)c1nnc(Cl)s1.COc1cc2c(cc1S(=O)(=O)O)CC(N)C2. The Morgan fingerprint density at radius 2 is 1.92 bits per heavy atom. The number of ether oxygens (including phenoxy) is 1. The molecule has 2 aromatic rings. The van der Waals surface area contributed by atoms with Gasteiger partial charge in [0.25, 0.3) is 10.1 Å². The number of hydrogen-bond donors (Lipinski definition) is 2. The molecule has 0 radical (unpaired) electrons. The van der Waals surface area contributed by atoms with E-state index in [0.29, 0.717) is 23.2 Å². The smallest absolute Gasteiger partial charge is 0.298 e. The van der Waals surface area contributed by atoms with Crippen molar-refractivity contribution in [2.24, 2.45) is 5.73 Å². The summed E-state index contributed by atoms with van der Waals surface area (Å²) in [6.45, 7) is 4.13. The van der Waals surface area contributed by atoms with Crippen molar-refractivity contribution in [1.29, 1.82) is 0 Å². The van der Waals surface area contributed by atoms with Gasteiger partial charge >= 0.3 is 0 Å². The molecule has 3 rings (SSSR count). The van der Waals surface area contributed by atoms with Crippen molar-refractivity contribution in [3.8, 4) is 5.75 Å². The Labute approximate surface area is 155 Å². The molecule has 0 amide bonds. The van der Waals surface area contributed by atoms with Crippen LogP contribution in [0.2, 0.25) is 4.47 Å². The summed E-state index contributed by atoms with van der Waals surface area (Å²) in [5.41, 5.74) is 7.63. The van der Waals surface area contributed by atoms with Crippen LogP contribution in [0, 0.1) is 0 Å². The molecule has 0 saturated heterocycles. The van der Waals surface area contributed by atoms with Crippen molar-refractivity contribution in [3.63, 3.8) is 0 Å². The Balaban J connectivity index is 0.000000212. The molecule has 0 bridgehead atoms. The van der Waals surface area contributed by atoms with Crippen LogP contribution in [-0.4, -0.2) is 36.3 Å². The highest BCUT2D eigenvalue weighted by molar-refractivity contribution is 7.86. The normalized spacial score (nSPS) is 16.4. The summed E-state index contributed by atoms with van der Waals surface area (Å²) in [6, 6.07) is 3.08. The molecule has 0 spiro atoms. The first-order valence-corrected chi connectivity index (χ1v) is 10.2. The first kappa shape index (κ1) is 20.1. The lowest BCUT2D eigenvalue weighted by atomic mass is 10.1. The molecule has 7 nitrogen and oxygen atoms in total. The standard InChI is InChI=1S/C10H13NO4S.C5H7ClN2S/c1-15-9-4-6-2-8(11)3-7(6)5-10(9)16(12,13)14;1-3(2)4-7-8-5(6)9-4/h4-5,8H,2-3,11H2,1H3,(H,12,13,14);3H,1-2H3. The minimum atomic E-state index is -4.25. The minimum absolute atomic E-state index is 0.0105. The number of hydrogen-bond acceptors (Lipinski definition) is 7. The molecule has 1 aromatic carbocycles. The number of nitrogens with zero attached hydrogens (tertiary/aromatic N) is 2. The van der Waals surface area contributed by atoms with Gasteiger partial charge in [0, 0.05) is 12.0 Å². The van der Waals surface area contributed by atoms with E-state index < -0.39 is 10.1 Å². The van der Waals surface area contributed by atoms with Crippen molar-refractivity contribution in [1.82, 2.24) is 10.2 Å². The summed E-state index contributed by atoms with van der Waals surface area (Å²) in [5, 5.41) is 8.52. The van der Waals surface area contributed by atoms with Crippen LogP contribution in [0.25, 0.3) is 0 Å². The van der Waals surface area contributed by atoms with Gasteiger partial charge in [0.1, 0.15) is 15.7 Å². The first-order valence-electron chi connectivity index (χ1n) is 7.53. The third-order valence-electron chi connectivity index (χ3n) is 3.64. The molecule has 0 aliphatic heterocycles. The average molecular weight is 406 g/mol. The fraction of sp³-hybridized carbons (Fsp3) is 0.467. The van der Waals surface area contributed by atoms with Crippen LogP contribution in [0.1, 0.15) is 35.9 Å². The van der Waals surface area contributed by atoms with E-state index in [1.807, 2.05) is 0 Å². The zero-order chi connectivity index (χ0) is 18.8. The lowest BCUT2D eigenvalue weighted by molar-refractivity contribution is 0.397. The van der Waals surface area contributed by atoms with E-state index in [0.717, 1.165) is 16.1 Å². The van der Waals surface area contributed by atoms with Crippen molar-refractivity contribution in [2.75, 3.05) is 7.11 Å². The Morgan fingerprint density at radius 1 is 1.32 bits per heavy atom. The minimum Gasteiger partial charge on any atom is -0.495 e. The Morgan fingerprint density at radius 3 is 2.32 bits per heavy atom. The number of halogens is 1. The topological polar surface area (TPSA) is 115 Å². The number of benzene rings is 1. The summed E-state index contributed by atoms with van der Waals surface area (Å²) >= 11 is 6.99. The second-order valence-corrected chi connectivity index (χ2v) is 8.94. The van der Waals surface area contributed by atoms with Crippen LogP contribution in [-0.2, 0) is 23.0 Å². The fourth-order valence-corrected chi connectivity index (χ4v) is 4.01. The molecule has 1 aliphatic carbocycles. The lowest BCUT2D eigenvalue weighted by Gasteiger charge is -2.08. The Kier molecular flexibility index (Phi) is 6.39. The first-order chi connectivity index (χ1) is 11.6. The van der Waals surface area contributed by atoms with Crippen LogP contribution in [0.3, 0.4) is 0 Å². The Bertz CT molecular complexity index is 852. The van der Waals surface area contributed by atoms with Gasteiger partial charge < -0.3 is 10.5 Å². The van der Waals surface area contributed by atoms with Gasteiger partial charge in [-0.15, -0.1) is 10.2 Å². The zero-order valence-electron chi connectivity index (χ0n) is 14.1. The fourth-order valence-electron chi connectivity index (χ4n) is 2.47. The molecule has 25 heavy (non-hydrogen) atoms. The second-order valence-electron chi connectivity index (χ2n) is 5.96. The van der Waals surface area contributed by atoms with E-state index in [4.69, 9.17) is 26.6 Å². The van der Waals surface area contributed by atoms with Gasteiger partial charge in [-0.2, -0.15) is 8.42 Å². The molecule has 1 aromatic heterocycles. The van der Waals surface area contributed by atoms with E-state index >= 15 is 0 Å².